The van der Waals surface area contributed by atoms with Crippen LogP contribution in [0.1, 0.15) is 17.2 Å². The van der Waals surface area contributed by atoms with Crippen molar-refractivity contribution in [3.05, 3.63) is 53.6 Å². The highest BCUT2D eigenvalue weighted by Gasteiger charge is 2.23. The average molecular weight is 299 g/mol. The van der Waals surface area contributed by atoms with E-state index in [1.807, 2.05) is 30.3 Å². The molecule has 0 fully saturated rings. The summed E-state index contributed by atoms with van der Waals surface area (Å²) in [5.74, 6) is 2.43. The maximum atomic E-state index is 5.90. The highest BCUT2D eigenvalue weighted by Crippen LogP contribution is 2.35. The Morgan fingerprint density at radius 1 is 1.05 bits per heavy atom. The summed E-state index contributed by atoms with van der Waals surface area (Å²) in [6, 6.07) is 14.2. The van der Waals surface area contributed by atoms with E-state index in [-0.39, 0.29) is 6.04 Å². The molecule has 0 aromatic heterocycles. The van der Waals surface area contributed by atoms with Crippen LogP contribution in [-0.4, -0.2) is 27.4 Å². The van der Waals surface area contributed by atoms with Gasteiger partial charge in [0.25, 0.3) is 0 Å². The summed E-state index contributed by atoms with van der Waals surface area (Å²) in [5, 5.41) is 3.51. The Kier molecular flexibility index (Phi) is 4.49. The van der Waals surface area contributed by atoms with Crippen molar-refractivity contribution in [2.45, 2.75) is 12.5 Å². The third-order valence-electron chi connectivity index (χ3n) is 3.97. The lowest BCUT2D eigenvalue weighted by Gasteiger charge is -2.28. The summed E-state index contributed by atoms with van der Waals surface area (Å²) in [6.45, 7) is 1.53. The van der Waals surface area contributed by atoms with Crippen LogP contribution >= 0.6 is 0 Å². The molecule has 3 rings (SSSR count). The van der Waals surface area contributed by atoms with Gasteiger partial charge in [-0.2, -0.15) is 0 Å². The summed E-state index contributed by atoms with van der Waals surface area (Å²) in [6.07, 6.45) is 0.984. The van der Waals surface area contributed by atoms with Gasteiger partial charge in [-0.3, -0.25) is 0 Å². The number of fused-ring (bicyclic) bond motifs is 1. The van der Waals surface area contributed by atoms with Gasteiger partial charge in [-0.05, 0) is 48.4 Å². The normalized spacial score (nSPS) is 16.7. The van der Waals surface area contributed by atoms with Crippen molar-refractivity contribution in [1.29, 1.82) is 0 Å². The minimum atomic E-state index is 0.156. The summed E-state index contributed by atoms with van der Waals surface area (Å²) < 4.78 is 16.7. The molecule has 0 bridgehead atoms. The Balaban J connectivity index is 1.81. The van der Waals surface area contributed by atoms with Crippen LogP contribution in [0.25, 0.3) is 0 Å². The molecule has 2 aromatic rings. The average Bonchev–Trinajstić information content (AvgIpc) is 2.59. The number of benzene rings is 2. The molecule has 0 aliphatic carbocycles. The first-order valence-electron chi connectivity index (χ1n) is 7.48. The Morgan fingerprint density at radius 3 is 2.50 bits per heavy atom. The molecule has 1 atom stereocenters. The van der Waals surface area contributed by atoms with Gasteiger partial charge in [0.2, 0.25) is 0 Å². The van der Waals surface area contributed by atoms with Crippen molar-refractivity contribution in [2.75, 3.05) is 27.4 Å². The lowest BCUT2D eigenvalue weighted by atomic mass is 9.94. The number of nitrogens with one attached hydrogen (secondary N) is 1. The largest absolute Gasteiger partial charge is 0.493 e. The second-order valence-electron chi connectivity index (χ2n) is 5.29. The van der Waals surface area contributed by atoms with Gasteiger partial charge < -0.3 is 19.5 Å². The Morgan fingerprint density at radius 2 is 1.77 bits per heavy atom. The maximum Gasteiger partial charge on any atom is 0.161 e. The van der Waals surface area contributed by atoms with Crippen LogP contribution in [0, 0.1) is 0 Å². The molecule has 0 saturated carbocycles. The van der Waals surface area contributed by atoms with E-state index in [4.69, 9.17) is 14.2 Å². The van der Waals surface area contributed by atoms with Gasteiger partial charge in [0.1, 0.15) is 12.4 Å². The number of ether oxygens (including phenoxy) is 3. The molecule has 2 aromatic carbocycles. The molecule has 0 amide bonds. The van der Waals surface area contributed by atoms with E-state index >= 15 is 0 Å². The van der Waals surface area contributed by atoms with Crippen LogP contribution in [0.4, 0.5) is 0 Å². The molecule has 22 heavy (non-hydrogen) atoms. The van der Waals surface area contributed by atoms with Crippen LogP contribution in [0.3, 0.4) is 0 Å². The molecule has 116 valence electrons. The van der Waals surface area contributed by atoms with Gasteiger partial charge in [-0.25, -0.2) is 0 Å². The molecule has 1 heterocycles. The molecule has 4 nitrogen and oxygen atoms in total. The van der Waals surface area contributed by atoms with E-state index in [0.717, 1.165) is 30.2 Å². The highest BCUT2D eigenvalue weighted by atomic mass is 16.5. The minimum Gasteiger partial charge on any atom is -0.493 e. The predicted octanol–water partition coefficient (Wildman–Crippen LogP) is 2.97. The standard InChI is InChI=1S/C18H21NO3/c1-20-17-10-13-8-9-19-16(15(13)11-18(17)21-2)12-22-14-6-4-3-5-7-14/h3-7,10-11,16,19H,8-9,12H2,1-2H3. The Bertz CT molecular complexity index is 628. The molecular formula is C18H21NO3. The van der Waals surface area contributed by atoms with Crippen LogP contribution in [0.2, 0.25) is 0 Å². The number of methoxy groups -OCH3 is 2. The number of rotatable bonds is 5. The molecule has 1 unspecified atom stereocenters. The second kappa shape index (κ2) is 6.71. The van der Waals surface area contributed by atoms with Crippen molar-refractivity contribution < 1.29 is 14.2 Å². The molecule has 0 saturated heterocycles. The van der Waals surface area contributed by atoms with Crippen molar-refractivity contribution >= 4 is 0 Å². The molecule has 1 N–H and O–H groups in total. The first-order valence-corrected chi connectivity index (χ1v) is 7.48. The van der Waals surface area contributed by atoms with Gasteiger partial charge in [-0.15, -0.1) is 0 Å². The van der Waals surface area contributed by atoms with E-state index in [9.17, 15) is 0 Å². The molecule has 4 heteroatoms. The fourth-order valence-corrected chi connectivity index (χ4v) is 2.81. The van der Waals surface area contributed by atoms with E-state index in [2.05, 4.69) is 17.4 Å². The van der Waals surface area contributed by atoms with Crippen molar-refractivity contribution in [3.63, 3.8) is 0 Å². The smallest absolute Gasteiger partial charge is 0.161 e. The lowest BCUT2D eigenvalue weighted by molar-refractivity contribution is 0.260. The zero-order valence-corrected chi connectivity index (χ0v) is 13.0. The number of hydrogen-bond acceptors (Lipinski definition) is 4. The van der Waals surface area contributed by atoms with E-state index in [1.54, 1.807) is 14.2 Å². The molecule has 0 spiro atoms. The quantitative estimate of drug-likeness (QED) is 0.921. The van der Waals surface area contributed by atoms with Crippen molar-refractivity contribution in [1.82, 2.24) is 5.32 Å². The minimum absolute atomic E-state index is 0.156. The van der Waals surface area contributed by atoms with Crippen molar-refractivity contribution in [3.8, 4) is 17.2 Å². The van der Waals surface area contributed by atoms with Gasteiger partial charge in [0.05, 0.1) is 20.3 Å². The van der Waals surface area contributed by atoms with Crippen molar-refractivity contribution in [2.24, 2.45) is 0 Å². The van der Waals surface area contributed by atoms with Gasteiger partial charge >= 0.3 is 0 Å². The van der Waals surface area contributed by atoms with Crippen LogP contribution in [-0.2, 0) is 6.42 Å². The van der Waals surface area contributed by atoms with Crippen LogP contribution < -0.4 is 19.5 Å². The fourth-order valence-electron chi connectivity index (χ4n) is 2.81. The molecule has 0 radical (unpaired) electrons. The van der Waals surface area contributed by atoms with Gasteiger partial charge in [0.15, 0.2) is 11.5 Å². The van der Waals surface area contributed by atoms with Crippen LogP contribution in [0.5, 0.6) is 17.2 Å². The maximum absolute atomic E-state index is 5.90. The number of hydrogen-bond donors (Lipinski definition) is 1. The Hall–Kier alpha value is -2.20. The van der Waals surface area contributed by atoms with Gasteiger partial charge in [0, 0.05) is 0 Å². The first-order chi connectivity index (χ1) is 10.8. The summed E-state index contributed by atoms with van der Waals surface area (Å²) in [4.78, 5) is 0. The highest BCUT2D eigenvalue weighted by molar-refractivity contribution is 5.49. The summed E-state index contributed by atoms with van der Waals surface area (Å²) in [7, 11) is 3.33. The number of para-hydroxylation sites is 1. The predicted molar refractivity (Wildman–Crippen MR) is 85.9 cm³/mol. The molecule has 1 aliphatic rings. The van der Waals surface area contributed by atoms with E-state index in [1.165, 1.54) is 11.1 Å². The third-order valence-corrected chi connectivity index (χ3v) is 3.97. The third kappa shape index (κ3) is 3.02. The van der Waals surface area contributed by atoms with E-state index in [0.29, 0.717) is 6.61 Å². The molecule has 1 aliphatic heterocycles. The lowest BCUT2D eigenvalue weighted by Crippen LogP contribution is -2.33. The van der Waals surface area contributed by atoms with Gasteiger partial charge in [-0.1, -0.05) is 18.2 Å². The SMILES string of the molecule is COc1cc2c(cc1OC)C(COc1ccccc1)NCC2. The van der Waals surface area contributed by atoms with E-state index < -0.39 is 0 Å². The first kappa shape index (κ1) is 14.7. The second-order valence-corrected chi connectivity index (χ2v) is 5.29. The Labute approximate surface area is 131 Å². The zero-order chi connectivity index (χ0) is 15.4. The topological polar surface area (TPSA) is 39.7 Å². The zero-order valence-electron chi connectivity index (χ0n) is 13.0. The summed E-state index contributed by atoms with van der Waals surface area (Å²) in [5.41, 5.74) is 2.51. The monoisotopic (exact) mass is 299 g/mol. The summed E-state index contributed by atoms with van der Waals surface area (Å²) >= 11 is 0. The fraction of sp³-hybridized carbons (Fsp3) is 0.333. The van der Waals surface area contributed by atoms with Crippen LogP contribution in [0.15, 0.2) is 42.5 Å². The molecular weight excluding hydrogens is 278 g/mol.